The van der Waals surface area contributed by atoms with Crippen LogP contribution in [-0.2, 0) is 6.18 Å². The third kappa shape index (κ3) is 2.60. The molecule has 0 amide bonds. The predicted molar refractivity (Wildman–Crippen MR) is 62.9 cm³/mol. The van der Waals surface area contributed by atoms with Crippen molar-refractivity contribution in [1.29, 1.82) is 0 Å². The fourth-order valence-electron chi connectivity index (χ4n) is 1.58. The molecular weight excluding hydrogens is 285 g/mol. The Kier molecular flexibility index (Phi) is 3.32. The molecule has 1 aromatic carbocycles. The number of rotatable bonds is 2. The highest BCUT2D eigenvalue weighted by Crippen LogP contribution is 2.42. The second-order valence-electron chi connectivity index (χ2n) is 3.65. The normalized spacial score (nSPS) is 11.6. The van der Waals surface area contributed by atoms with Gasteiger partial charge < -0.3 is 15.0 Å². The minimum Gasteiger partial charge on any atom is -0.495 e. The molecule has 0 atom stereocenters. The van der Waals surface area contributed by atoms with E-state index in [1.54, 1.807) is 0 Å². The zero-order chi connectivity index (χ0) is 14.2. The first-order valence-electron chi connectivity index (χ1n) is 5.00. The Balaban J connectivity index is 2.63. The van der Waals surface area contributed by atoms with E-state index in [1.807, 2.05) is 0 Å². The highest BCUT2D eigenvalue weighted by molar-refractivity contribution is 6.32. The van der Waals surface area contributed by atoms with Crippen molar-refractivity contribution in [2.75, 3.05) is 12.8 Å². The van der Waals surface area contributed by atoms with Crippen molar-refractivity contribution in [3.63, 3.8) is 0 Å². The third-order valence-corrected chi connectivity index (χ3v) is 2.66. The van der Waals surface area contributed by atoms with Crippen molar-refractivity contribution in [3.8, 4) is 17.0 Å². The Morgan fingerprint density at radius 3 is 2.47 bits per heavy atom. The molecule has 1 heterocycles. The molecule has 19 heavy (non-hydrogen) atoms. The Morgan fingerprint density at radius 2 is 2.00 bits per heavy atom. The highest BCUT2D eigenvalue weighted by Gasteiger charge is 2.36. The van der Waals surface area contributed by atoms with Crippen LogP contribution in [0.3, 0.4) is 0 Å². The Hall–Kier alpha value is -1.89. The summed E-state index contributed by atoms with van der Waals surface area (Å²) in [5, 5.41) is 3.37. The number of ether oxygens (including phenoxy) is 1. The summed E-state index contributed by atoms with van der Waals surface area (Å²) in [6.45, 7) is 0. The average Bonchev–Trinajstić information content (AvgIpc) is 2.73. The van der Waals surface area contributed by atoms with Crippen molar-refractivity contribution in [2.24, 2.45) is 0 Å². The van der Waals surface area contributed by atoms with Crippen LogP contribution in [0.15, 0.2) is 22.7 Å². The van der Waals surface area contributed by atoms with Crippen molar-refractivity contribution < 1.29 is 22.4 Å². The number of halogens is 4. The van der Waals surface area contributed by atoms with Gasteiger partial charge >= 0.3 is 6.18 Å². The number of hydrogen-bond acceptors (Lipinski definition) is 4. The van der Waals surface area contributed by atoms with Crippen LogP contribution in [0.4, 0.5) is 19.1 Å². The van der Waals surface area contributed by atoms with Crippen molar-refractivity contribution in [2.45, 2.75) is 6.18 Å². The summed E-state index contributed by atoms with van der Waals surface area (Å²) >= 11 is 5.78. The molecule has 0 saturated heterocycles. The van der Waals surface area contributed by atoms with Gasteiger partial charge in [-0.1, -0.05) is 16.8 Å². The van der Waals surface area contributed by atoms with E-state index in [9.17, 15) is 13.2 Å². The van der Waals surface area contributed by atoms with Crippen LogP contribution in [-0.4, -0.2) is 12.3 Å². The van der Waals surface area contributed by atoms with Crippen LogP contribution in [0.5, 0.6) is 5.75 Å². The van der Waals surface area contributed by atoms with Gasteiger partial charge in [0.25, 0.3) is 0 Å². The maximum Gasteiger partial charge on any atom is 0.420 e. The molecule has 0 aliphatic carbocycles. The van der Waals surface area contributed by atoms with Crippen molar-refractivity contribution >= 4 is 17.5 Å². The van der Waals surface area contributed by atoms with Gasteiger partial charge in [-0.05, 0) is 12.1 Å². The molecule has 1 aromatic heterocycles. The van der Waals surface area contributed by atoms with Gasteiger partial charge in [-0.2, -0.15) is 13.2 Å². The molecule has 2 aromatic rings. The second-order valence-corrected chi connectivity index (χ2v) is 4.06. The number of nitrogens with two attached hydrogens (primary N) is 1. The van der Waals surface area contributed by atoms with E-state index in [2.05, 4.69) is 14.4 Å². The standard InChI is InChI=1S/C11H8ClF3N2O2/c1-18-10-6(11(13,14)15)2-5(3-7(10)12)8-4-9(16)19-17-8/h2-4H,16H2,1H3. The summed E-state index contributed by atoms with van der Waals surface area (Å²) in [4.78, 5) is 0. The molecule has 8 heteroatoms. The molecule has 0 spiro atoms. The van der Waals surface area contributed by atoms with Crippen molar-refractivity contribution in [1.82, 2.24) is 5.16 Å². The first-order valence-corrected chi connectivity index (χ1v) is 5.38. The molecule has 2 rings (SSSR count). The van der Waals surface area contributed by atoms with Gasteiger partial charge in [0.2, 0.25) is 5.88 Å². The minimum absolute atomic E-state index is 0.00417. The quantitative estimate of drug-likeness (QED) is 0.918. The summed E-state index contributed by atoms with van der Waals surface area (Å²) < 4.78 is 48.0. The Morgan fingerprint density at radius 1 is 1.32 bits per heavy atom. The molecule has 0 saturated carbocycles. The lowest BCUT2D eigenvalue weighted by atomic mass is 10.1. The largest absolute Gasteiger partial charge is 0.495 e. The lowest BCUT2D eigenvalue weighted by Crippen LogP contribution is -2.08. The van der Waals surface area contributed by atoms with Gasteiger partial charge in [-0.3, -0.25) is 0 Å². The maximum absolute atomic E-state index is 12.9. The van der Waals surface area contributed by atoms with Crippen LogP contribution in [0.1, 0.15) is 5.56 Å². The van der Waals surface area contributed by atoms with E-state index in [4.69, 9.17) is 17.3 Å². The SMILES string of the molecule is COc1c(Cl)cc(-c2cc(N)on2)cc1C(F)(F)F. The topological polar surface area (TPSA) is 61.3 Å². The number of anilines is 1. The molecule has 0 unspecified atom stereocenters. The number of alkyl halides is 3. The molecule has 0 radical (unpaired) electrons. The van der Waals surface area contributed by atoms with Gasteiger partial charge in [-0.15, -0.1) is 0 Å². The van der Waals surface area contributed by atoms with Gasteiger partial charge in [0.15, 0.2) is 0 Å². The summed E-state index contributed by atoms with van der Waals surface area (Å²) in [7, 11) is 1.12. The van der Waals surface area contributed by atoms with E-state index in [0.29, 0.717) is 0 Å². The summed E-state index contributed by atoms with van der Waals surface area (Å²) in [6.07, 6.45) is -4.60. The second kappa shape index (κ2) is 4.65. The number of methoxy groups -OCH3 is 1. The monoisotopic (exact) mass is 292 g/mol. The fraction of sp³-hybridized carbons (Fsp3) is 0.182. The van der Waals surface area contributed by atoms with E-state index < -0.39 is 17.5 Å². The average molecular weight is 293 g/mol. The summed E-state index contributed by atoms with van der Waals surface area (Å²) in [5.74, 6) is -0.440. The molecule has 2 N–H and O–H groups in total. The van der Waals surface area contributed by atoms with E-state index in [0.717, 1.165) is 13.2 Å². The molecule has 0 aliphatic heterocycles. The Labute approximate surface area is 110 Å². The van der Waals surface area contributed by atoms with E-state index in [-0.39, 0.29) is 22.2 Å². The number of aromatic nitrogens is 1. The molecule has 0 fully saturated rings. The number of benzene rings is 1. The third-order valence-electron chi connectivity index (χ3n) is 2.38. The molecular formula is C11H8ClF3N2O2. The molecule has 102 valence electrons. The van der Waals surface area contributed by atoms with Crippen LogP contribution >= 0.6 is 11.6 Å². The zero-order valence-corrected chi connectivity index (χ0v) is 10.3. The van der Waals surface area contributed by atoms with Crippen LogP contribution in [0.25, 0.3) is 11.3 Å². The Bertz CT molecular complexity index is 610. The van der Waals surface area contributed by atoms with Crippen LogP contribution < -0.4 is 10.5 Å². The molecule has 0 aliphatic rings. The van der Waals surface area contributed by atoms with Crippen LogP contribution in [0.2, 0.25) is 5.02 Å². The van der Waals surface area contributed by atoms with Crippen LogP contribution in [0, 0.1) is 0 Å². The van der Waals surface area contributed by atoms with Crippen molar-refractivity contribution in [3.05, 3.63) is 28.8 Å². The lowest BCUT2D eigenvalue weighted by Gasteiger charge is -2.14. The van der Waals surface area contributed by atoms with Gasteiger partial charge in [0.1, 0.15) is 11.4 Å². The number of nitrogens with zero attached hydrogens (tertiary/aromatic N) is 1. The zero-order valence-electron chi connectivity index (χ0n) is 9.58. The predicted octanol–water partition coefficient (Wildman–Crippen LogP) is 3.60. The van der Waals surface area contributed by atoms with E-state index in [1.165, 1.54) is 12.1 Å². The fourth-order valence-corrected chi connectivity index (χ4v) is 1.88. The lowest BCUT2D eigenvalue weighted by molar-refractivity contribution is -0.138. The molecule has 4 nitrogen and oxygen atoms in total. The van der Waals surface area contributed by atoms with Gasteiger partial charge in [0.05, 0.1) is 17.7 Å². The van der Waals surface area contributed by atoms with Gasteiger partial charge in [0, 0.05) is 11.6 Å². The smallest absolute Gasteiger partial charge is 0.420 e. The number of hydrogen-bond donors (Lipinski definition) is 1. The summed E-state index contributed by atoms with van der Waals surface area (Å²) in [5.41, 5.74) is 4.64. The highest BCUT2D eigenvalue weighted by atomic mass is 35.5. The first kappa shape index (κ1) is 13.5. The summed E-state index contributed by atoms with van der Waals surface area (Å²) in [6, 6.07) is 3.48. The minimum atomic E-state index is -4.60. The first-order chi connectivity index (χ1) is 8.82. The van der Waals surface area contributed by atoms with Gasteiger partial charge in [-0.25, -0.2) is 0 Å². The molecule has 0 bridgehead atoms. The maximum atomic E-state index is 12.9. The van der Waals surface area contributed by atoms with E-state index >= 15 is 0 Å². The number of nitrogen functional groups attached to an aromatic ring is 1.